The third kappa shape index (κ3) is 2.96. The molecule has 3 aromatic rings. The Kier molecular flexibility index (Phi) is 3.44. The van der Waals surface area contributed by atoms with Gasteiger partial charge in [-0.25, -0.2) is 0 Å². The van der Waals surface area contributed by atoms with E-state index in [1.807, 2.05) is 54.6 Å². The van der Waals surface area contributed by atoms with Gasteiger partial charge in [0.25, 0.3) is 0 Å². The second-order valence-corrected chi connectivity index (χ2v) is 4.87. The smallest absolute Gasteiger partial charge is 0.119 e. The highest BCUT2D eigenvalue weighted by Gasteiger charge is 2.00. The molecule has 0 aliphatic heterocycles. The van der Waals surface area contributed by atoms with Crippen molar-refractivity contribution in [1.82, 2.24) is 0 Å². The minimum Gasteiger partial charge on any atom is -0.489 e. The van der Waals surface area contributed by atoms with Gasteiger partial charge in [0.15, 0.2) is 0 Å². The predicted octanol–water partition coefficient (Wildman–Crippen LogP) is 3.87. The maximum atomic E-state index is 8.90. The Hall–Kier alpha value is -2.99. The highest BCUT2D eigenvalue weighted by atomic mass is 16.5. The maximum absolute atomic E-state index is 8.90. The van der Waals surface area contributed by atoms with Gasteiger partial charge in [0.05, 0.1) is 11.6 Å². The molecule has 0 atom stereocenters. The zero-order valence-electron chi connectivity index (χ0n) is 11.4. The third-order valence-corrected chi connectivity index (χ3v) is 3.32. The molecule has 3 nitrogen and oxygen atoms in total. The number of hydrogen-bond acceptors (Lipinski definition) is 3. The molecule has 0 aliphatic carbocycles. The van der Waals surface area contributed by atoms with Crippen molar-refractivity contribution in [3.05, 3.63) is 71.8 Å². The number of ether oxygens (including phenoxy) is 1. The van der Waals surface area contributed by atoms with Crippen molar-refractivity contribution in [2.24, 2.45) is 0 Å². The van der Waals surface area contributed by atoms with Crippen LogP contribution >= 0.6 is 0 Å². The second-order valence-electron chi connectivity index (χ2n) is 4.87. The predicted molar refractivity (Wildman–Crippen MR) is 83.8 cm³/mol. The van der Waals surface area contributed by atoms with Crippen LogP contribution in [0.5, 0.6) is 5.75 Å². The normalized spacial score (nSPS) is 10.2. The average molecular weight is 274 g/mol. The van der Waals surface area contributed by atoms with Crippen LogP contribution in [0.2, 0.25) is 0 Å². The van der Waals surface area contributed by atoms with Crippen molar-refractivity contribution < 1.29 is 4.74 Å². The van der Waals surface area contributed by atoms with Crippen LogP contribution in [0.25, 0.3) is 10.8 Å². The number of benzene rings is 3. The van der Waals surface area contributed by atoms with Crippen LogP contribution in [-0.4, -0.2) is 0 Å². The molecule has 0 radical (unpaired) electrons. The van der Waals surface area contributed by atoms with Crippen LogP contribution < -0.4 is 10.5 Å². The van der Waals surface area contributed by atoms with Crippen LogP contribution in [0.4, 0.5) is 5.69 Å². The van der Waals surface area contributed by atoms with Gasteiger partial charge in [-0.3, -0.25) is 0 Å². The minimum absolute atomic E-state index is 0.500. The van der Waals surface area contributed by atoms with Gasteiger partial charge in [-0.1, -0.05) is 18.2 Å². The van der Waals surface area contributed by atoms with E-state index in [1.165, 1.54) is 0 Å². The molecule has 3 aromatic carbocycles. The second kappa shape index (κ2) is 5.56. The lowest BCUT2D eigenvalue weighted by atomic mass is 10.1. The van der Waals surface area contributed by atoms with E-state index < -0.39 is 0 Å². The first kappa shape index (κ1) is 13.0. The van der Waals surface area contributed by atoms with E-state index in [2.05, 4.69) is 12.1 Å². The molecule has 3 heteroatoms. The Labute approximate surface area is 123 Å². The summed E-state index contributed by atoms with van der Waals surface area (Å²) >= 11 is 0. The molecule has 0 saturated carbocycles. The lowest BCUT2D eigenvalue weighted by Gasteiger charge is -2.08. The number of nitrogen functional groups attached to an aromatic ring is 1. The van der Waals surface area contributed by atoms with Gasteiger partial charge in [0, 0.05) is 5.69 Å². The molecule has 0 bridgehead atoms. The molecule has 0 aliphatic rings. The van der Waals surface area contributed by atoms with Gasteiger partial charge >= 0.3 is 0 Å². The Morgan fingerprint density at radius 1 is 0.905 bits per heavy atom. The molecule has 0 unspecified atom stereocenters. The van der Waals surface area contributed by atoms with Crippen molar-refractivity contribution in [3.8, 4) is 11.8 Å². The van der Waals surface area contributed by atoms with E-state index in [0.717, 1.165) is 27.8 Å². The lowest BCUT2D eigenvalue weighted by molar-refractivity contribution is 0.306. The fraction of sp³-hybridized carbons (Fsp3) is 0.0556. The number of nitrogens with zero attached hydrogens (tertiary/aromatic N) is 1. The SMILES string of the molecule is N#Cc1ccc2cc(COc3ccc(N)cc3)ccc2c1. The molecule has 0 amide bonds. The monoisotopic (exact) mass is 274 g/mol. The summed E-state index contributed by atoms with van der Waals surface area (Å²) in [5.74, 6) is 0.795. The van der Waals surface area contributed by atoms with E-state index in [0.29, 0.717) is 12.2 Å². The summed E-state index contributed by atoms with van der Waals surface area (Å²) in [5.41, 5.74) is 8.13. The molecule has 2 N–H and O–H groups in total. The van der Waals surface area contributed by atoms with E-state index >= 15 is 0 Å². The van der Waals surface area contributed by atoms with E-state index in [1.54, 1.807) is 0 Å². The topological polar surface area (TPSA) is 59.0 Å². The Bertz CT molecular complexity index is 817. The van der Waals surface area contributed by atoms with Gasteiger partial charge < -0.3 is 10.5 Å². The number of hydrogen-bond donors (Lipinski definition) is 1. The Morgan fingerprint density at radius 3 is 2.38 bits per heavy atom. The number of rotatable bonds is 3. The van der Waals surface area contributed by atoms with Crippen molar-refractivity contribution in [2.75, 3.05) is 5.73 Å². The molecule has 0 saturated heterocycles. The quantitative estimate of drug-likeness (QED) is 0.737. The van der Waals surface area contributed by atoms with E-state index in [4.69, 9.17) is 15.7 Å². The van der Waals surface area contributed by atoms with Crippen molar-refractivity contribution in [3.63, 3.8) is 0 Å². The van der Waals surface area contributed by atoms with Gasteiger partial charge in [-0.05, 0) is 58.8 Å². The molecule has 0 fully saturated rings. The molecule has 21 heavy (non-hydrogen) atoms. The highest BCUT2D eigenvalue weighted by Crippen LogP contribution is 2.20. The number of nitrogens with two attached hydrogens (primary N) is 1. The summed E-state index contributed by atoms with van der Waals surface area (Å²) in [4.78, 5) is 0. The summed E-state index contributed by atoms with van der Waals surface area (Å²) in [6.45, 7) is 0.500. The van der Waals surface area contributed by atoms with Gasteiger partial charge in [-0.15, -0.1) is 0 Å². The molecule has 102 valence electrons. The molecule has 3 rings (SSSR count). The third-order valence-electron chi connectivity index (χ3n) is 3.32. The van der Waals surface area contributed by atoms with Crippen LogP contribution in [0, 0.1) is 11.3 Å². The Morgan fingerprint density at radius 2 is 1.62 bits per heavy atom. The van der Waals surface area contributed by atoms with Crippen LogP contribution in [0.3, 0.4) is 0 Å². The average Bonchev–Trinajstić information content (AvgIpc) is 2.53. The first-order chi connectivity index (χ1) is 10.2. The fourth-order valence-corrected chi connectivity index (χ4v) is 2.19. The minimum atomic E-state index is 0.500. The first-order valence-corrected chi connectivity index (χ1v) is 6.66. The largest absolute Gasteiger partial charge is 0.489 e. The van der Waals surface area contributed by atoms with Gasteiger partial charge in [0.2, 0.25) is 0 Å². The highest BCUT2D eigenvalue weighted by molar-refractivity contribution is 5.84. The van der Waals surface area contributed by atoms with Crippen LogP contribution in [-0.2, 0) is 6.61 Å². The Balaban J connectivity index is 1.78. The van der Waals surface area contributed by atoms with Crippen molar-refractivity contribution >= 4 is 16.5 Å². The van der Waals surface area contributed by atoms with Crippen molar-refractivity contribution in [1.29, 1.82) is 5.26 Å². The first-order valence-electron chi connectivity index (χ1n) is 6.66. The standard InChI is InChI=1S/C18H14N2O/c19-11-13-1-3-16-10-14(2-4-15(16)9-13)12-21-18-7-5-17(20)6-8-18/h1-10H,12,20H2. The van der Waals surface area contributed by atoms with Crippen molar-refractivity contribution in [2.45, 2.75) is 6.61 Å². The number of nitriles is 1. The summed E-state index contributed by atoms with van der Waals surface area (Å²) in [5, 5.41) is 11.1. The lowest BCUT2D eigenvalue weighted by Crippen LogP contribution is -1.95. The van der Waals surface area contributed by atoms with E-state index in [9.17, 15) is 0 Å². The maximum Gasteiger partial charge on any atom is 0.119 e. The summed E-state index contributed by atoms with van der Waals surface area (Å²) < 4.78 is 5.73. The molecule has 0 aromatic heterocycles. The zero-order chi connectivity index (χ0) is 14.7. The zero-order valence-corrected chi connectivity index (χ0v) is 11.4. The van der Waals surface area contributed by atoms with E-state index in [-0.39, 0.29) is 0 Å². The van der Waals surface area contributed by atoms with Gasteiger partial charge in [-0.2, -0.15) is 5.26 Å². The summed E-state index contributed by atoms with van der Waals surface area (Å²) in [6.07, 6.45) is 0. The van der Waals surface area contributed by atoms with Crippen LogP contribution in [0.15, 0.2) is 60.7 Å². The summed E-state index contributed by atoms with van der Waals surface area (Å²) in [6, 6.07) is 21.3. The number of fused-ring (bicyclic) bond motifs is 1. The molecular formula is C18H14N2O. The summed E-state index contributed by atoms with van der Waals surface area (Å²) in [7, 11) is 0. The van der Waals surface area contributed by atoms with Gasteiger partial charge in [0.1, 0.15) is 12.4 Å². The van der Waals surface area contributed by atoms with Crippen LogP contribution in [0.1, 0.15) is 11.1 Å². The molecule has 0 spiro atoms. The number of anilines is 1. The molecular weight excluding hydrogens is 260 g/mol. The molecule has 0 heterocycles. The fourth-order valence-electron chi connectivity index (χ4n) is 2.19.